The Morgan fingerprint density at radius 2 is 1.59 bits per heavy atom. The van der Waals surface area contributed by atoms with E-state index in [-0.39, 0.29) is 0 Å². The molecule has 2 aromatic rings. The predicted molar refractivity (Wildman–Crippen MR) is 80.3 cm³/mol. The van der Waals surface area contributed by atoms with E-state index in [0.717, 1.165) is 15.5 Å². The highest BCUT2D eigenvalue weighted by atomic mass is 79.9. The second-order valence-electron chi connectivity index (χ2n) is 3.94. The Morgan fingerprint density at radius 1 is 0.941 bits per heavy atom. The molecule has 0 aromatic heterocycles. The lowest BCUT2D eigenvalue weighted by Crippen LogP contribution is -2.00. The summed E-state index contributed by atoms with van der Waals surface area (Å²) in [7, 11) is 0. The minimum Gasteiger partial charge on any atom is -0.381 e. The highest BCUT2D eigenvalue weighted by molar-refractivity contribution is 9.10. The number of anilines is 1. The molecule has 0 bridgehead atoms. The first kappa shape index (κ1) is 12.7. The van der Waals surface area contributed by atoms with Gasteiger partial charge in [-0.15, -0.1) is 0 Å². The summed E-state index contributed by atoms with van der Waals surface area (Å²) in [4.78, 5) is 0. The van der Waals surface area contributed by atoms with Crippen molar-refractivity contribution in [1.82, 2.24) is 0 Å². The number of hydrogen-bond donors (Lipinski definition) is 1. The maximum Gasteiger partial charge on any atom is 0.0400 e. The van der Waals surface area contributed by atoms with Crippen LogP contribution in [-0.2, 0) is 6.54 Å². The zero-order valence-electron chi connectivity index (χ0n) is 9.50. The van der Waals surface area contributed by atoms with Crippen molar-refractivity contribution < 1.29 is 0 Å². The second kappa shape index (κ2) is 5.69. The van der Waals surface area contributed by atoms with Crippen LogP contribution in [0.5, 0.6) is 0 Å². The molecule has 0 spiro atoms. The summed E-state index contributed by atoms with van der Waals surface area (Å²) in [6.07, 6.45) is 0. The molecule has 0 saturated heterocycles. The first-order chi connectivity index (χ1) is 8.15. The smallest absolute Gasteiger partial charge is 0.0400 e. The van der Waals surface area contributed by atoms with Crippen LogP contribution in [0.4, 0.5) is 5.69 Å². The maximum atomic E-state index is 3.47. The SMILES string of the molecule is Cc1cc(Br)ccc1NCc1ccc(Br)cc1. The molecule has 0 aliphatic rings. The lowest BCUT2D eigenvalue weighted by atomic mass is 10.2. The molecule has 0 heterocycles. The van der Waals surface area contributed by atoms with Gasteiger partial charge in [0, 0.05) is 21.2 Å². The highest BCUT2D eigenvalue weighted by Crippen LogP contribution is 2.20. The second-order valence-corrected chi connectivity index (χ2v) is 5.77. The van der Waals surface area contributed by atoms with Gasteiger partial charge in [-0.2, -0.15) is 0 Å². The van der Waals surface area contributed by atoms with E-state index >= 15 is 0 Å². The van der Waals surface area contributed by atoms with Gasteiger partial charge in [0.2, 0.25) is 0 Å². The number of halogens is 2. The van der Waals surface area contributed by atoms with E-state index in [4.69, 9.17) is 0 Å². The Labute approximate surface area is 119 Å². The van der Waals surface area contributed by atoms with Gasteiger partial charge in [-0.3, -0.25) is 0 Å². The molecule has 0 aliphatic heterocycles. The lowest BCUT2D eigenvalue weighted by Gasteiger charge is -2.10. The average molecular weight is 355 g/mol. The molecule has 0 radical (unpaired) electrons. The van der Waals surface area contributed by atoms with Crippen molar-refractivity contribution in [3.8, 4) is 0 Å². The first-order valence-electron chi connectivity index (χ1n) is 5.39. The van der Waals surface area contributed by atoms with Crippen molar-refractivity contribution in [1.29, 1.82) is 0 Å². The van der Waals surface area contributed by atoms with E-state index in [9.17, 15) is 0 Å². The minimum absolute atomic E-state index is 0.843. The van der Waals surface area contributed by atoms with Gasteiger partial charge in [-0.25, -0.2) is 0 Å². The Bertz CT molecular complexity index is 506. The monoisotopic (exact) mass is 353 g/mol. The van der Waals surface area contributed by atoms with Crippen LogP contribution < -0.4 is 5.32 Å². The van der Waals surface area contributed by atoms with Crippen molar-refractivity contribution in [3.63, 3.8) is 0 Å². The summed E-state index contributed by atoms with van der Waals surface area (Å²) >= 11 is 6.90. The third-order valence-electron chi connectivity index (χ3n) is 2.58. The highest BCUT2D eigenvalue weighted by Gasteiger charge is 1.99. The van der Waals surface area contributed by atoms with Crippen molar-refractivity contribution >= 4 is 37.5 Å². The third kappa shape index (κ3) is 3.58. The Hall–Kier alpha value is -0.800. The molecule has 1 N–H and O–H groups in total. The van der Waals surface area contributed by atoms with Crippen LogP contribution in [0.25, 0.3) is 0 Å². The zero-order chi connectivity index (χ0) is 12.3. The van der Waals surface area contributed by atoms with E-state index in [0.29, 0.717) is 0 Å². The molecule has 17 heavy (non-hydrogen) atoms. The molecule has 0 unspecified atom stereocenters. The van der Waals surface area contributed by atoms with Gasteiger partial charge in [0.15, 0.2) is 0 Å². The molecular weight excluding hydrogens is 342 g/mol. The van der Waals surface area contributed by atoms with Gasteiger partial charge in [0.25, 0.3) is 0 Å². The number of aryl methyl sites for hydroxylation is 1. The van der Waals surface area contributed by atoms with Crippen molar-refractivity contribution in [3.05, 3.63) is 62.5 Å². The topological polar surface area (TPSA) is 12.0 Å². The number of nitrogens with one attached hydrogen (secondary N) is 1. The minimum atomic E-state index is 0.843. The molecule has 2 aromatic carbocycles. The lowest BCUT2D eigenvalue weighted by molar-refractivity contribution is 1.14. The number of benzene rings is 2. The van der Waals surface area contributed by atoms with Crippen LogP contribution in [-0.4, -0.2) is 0 Å². The molecule has 0 atom stereocenters. The predicted octanol–water partition coefficient (Wildman–Crippen LogP) is 5.13. The van der Waals surface area contributed by atoms with Gasteiger partial charge >= 0.3 is 0 Å². The van der Waals surface area contributed by atoms with E-state index in [1.807, 2.05) is 0 Å². The molecular formula is C14H13Br2N. The van der Waals surface area contributed by atoms with Crippen LogP contribution in [0.2, 0.25) is 0 Å². The van der Waals surface area contributed by atoms with E-state index in [1.165, 1.54) is 16.8 Å². The Morgan fingerprint density at radius 3 is 2.24 bits per heavy atom. The fourth-order valence-electron chi connectivity index (χ4n) is 1.62. The summed E-state index contributed by atoms with van der Waals surface area (Å²) < 4.78 is 2.23. The normalized spacial score (nSPS) is 10.3. The van der Waals surface area contributed by atoms with Crippen LogP contribution in [0, 0.1) is 6.92 Å². The zero-order valence-corrected chi connectivity index (χ0v) is 12.7. The van der Waals surface area contributed by atoms with Gasteiger partial charge in [0.05, 0.1) is 0 Å². The van der Waals surface area contributed by atoms with Crippen LogP contribution in [0.1, 0.15) is 11.1 Å². The van der Waals surface area contributed by atoms with Gasteiger partial charge in [0.1, 0.15) is 0 Å². The quantitative estimate of drug-likeness (QED) is 0.805. The van der Waals surface area contributed by atoms with Crippen LogP contribution >= 0.6 is 31.9 Å². The van der Waals surface area contributed by atoms with E-state index in [2.05, 4.69) is 86.6 Å². The fraction of sp³-hybridized carbons (Fsp3) is 0.143. The first-order valence-corrected chi connectivity index (χ1v) is 6.98. The van der Waals surface area contributed by atoms with Crippen LogP contribution in [0.15, 0.2) is 51.4 Å². The molecule has 2 rings (SSSR count). The Balaban J connectivity index is 2.04. The van der Waals surface area contributed by atoms with Crippen molar-refractivity contribution in [2.24, 2.45) is 0 Å². The standard InChI is InChI=1S/C14H13Br2N/c1-10-8-13(16)6-7-14(10)17-9-11-2-4-12(15)5-3-11/h2-8,17H,9H2,1H3. The molecule has 0 aliphatic carbocycles. The van der Waals surface area contributed by atoms with Gasteiger partial charge in [-0.05, 0) is 48.4 Å². The van der Waals surface area contributed by atoms with Crippen molar-refractivity contribution in [2.75, 3.05) is 5.32 Å². The molecule has 0 fully saturated rings. The maximum absolute atomic E-state index is 3.47. The molecule has 88 valence electrons. The summed E-state index contributed by atoms with van der Waals surface area (Å²) in [5.41, 5.74) is 3.70. The largest absolute Gasteiger partial charge is 0.381 e. The molecule has 3 heteroatoms. The van der Waals surface area contributed by atoms with Gasteiger partial charge < -0.3 is 5.32 Å². The Kier molecular flexibility index (Phi) is 4.24. The third-order valence-corrected chi connectivity index (χ3v) is 3.61. The fourth-order valence-corrected chi connectivity index (χ4v) is 2.36. The summed E-state index contributed by atoms with van der Waals surface area (Å²) in [5.74, 6) is 0. The molecule has 1 nitrogen and oxygen atoms in total. The van der Waals surface area contributed by atoms with Crippen LogP contribution in [0.3, 0.4) is 0 Å². The van der Waals surface area contributed by atoms with Gasteiger partial charge in [-0.1, -0.05) is 44.0 Å². The average Bonchev–Trinajstić information content (AvgIpc) is 2.30. The molecule has 0 amide bonds. The number of hydrogen-bond acceptors (Lipinski definition) is 1. The summed E-state index contributed by atoms with van der Waals surface area (Å²) in [5, 5.41) is 3.44. The van der Waals surface area contributed by atoms with E-state index < -0.39 is 0 Å². The summed E-state index contributed by atoms with van der Waals surface area (Å²) in [6.45, 7) is 2.95. The molecule has 0 saturated carbocycles. The van der Waals surface area contributed by atoms with E-state index in [1.54, 1.807) is 0 Å². The number of rotatable bonds is 3. The summed E-state index contributed by atoms with van der Waals surface area (Å²) in [6, 6.07) is 14.6. The van der Waals surface area contributed by atoms with Crippen molar-refractivity contribution in [2.45, 2.75) is 13.5 Å².